The number of rotatable bonds is 4. The molecule has 0 saturated heterocycles. The molecule has 3 rings (SSSR count). The molecule has 6 heteroatoms. The first kappa shape index (κ1) is 15.1. The number of aromatic carboxylic acids is 1. The second kappa shape index (κ2) is 5.73. The molecule has 0 aliphatic rings. The summed E-state index contributed by atoms with van der Waals surface area (Å²) in [7, 11) is 0. The minimum Gasteiger partial charge on any atom is -0.491 e. The number of carboxylic acid groups (broad SMARTS) is 1. The summed E-state index contributed by atoms with van der Waals surface area (Å²) in [5, 5.41) is 18.8. The summed E-state index contributed by atoms with van der Waals surface area (Å²) < 4.78 is 11.0. The smallest absolute Gasteiger partial charge is 0.335 e. The third kappa shape index (κ3) is 2.89. The molecule has 1 atom stereocenters. The first-order chi connectivity index (χ1) is 11.0. The zero-order valence-electron chi connectivity index (χ0n) is 12.3. The lowest BCUT2D eigenvalue weighted by molar-refractivity contribution is 0.0697. The van der Waals surface area contributed by atoms with Crippen molar-refractivity contribution in [3.05, 3.63) is 52.2 Å². The zero-order valence-corrected chi connectivity index (χ0v) is 12.3. The molecule has 6 nitrogen and oxygen atoms in total. The summed E-state index contributed by atoms with van der Waals surface area (Å²) in [6, 6.07) is 8.93. The topological polar surface area (TPSA) is 97.0 Å². The molecule has 23 heavy (non-hydrogen) atoms. The highest BCUT2D eigenvalue weighted by molar-refractivity contribution is 5.96. The summed E-state index contributed by atoms with van der Waals surface area (Å²) in [5.74, 6) is -0.681. The van der Waals surface area contributed by atoms with Gasteiger partial charge < -0.3 is 19.4 Å². The van der Waals surface area contributed by atoms with Crippen molar-refractivity contribution in [2.75, 3.05) is 6.61 Å². The molecule has 118 valence electrons. The van der Waals surface area contributed by atoms with E-state index in [4.69, 9.17) is 14.3 Å². The van der Waals surface area contributed by atoms with Gasteiger partial charge in [-0.15, -0.1) is 0 Å². The molecule has 0 spiro atoms. The molecule has 0 fully saturated rings. The van der Waals surface area contributed by atoms with Crippen LogP contribution in [0.5, 0.6) is 5.75 Å². The Labute approximate surface area is 130 Å². The molecule has 3 aromatic rings. The Morgan fingerprint density at radius 2 is 1.83 bits per heavy atom. The van der Waals surface area contributed by atoms with E-state index in [9.17, 15) is 14.7 Å². The van der Waals surface area contributed by atoms with Gasteiger partial charge in [-0.2, -0.15) is 0 Å². The van der Waals surface area contributed by atoms with Gasteiger partial charge in [0.15, 0.2) is 0 Å². The molecule has 0 aliphatic heterocycles. The molecule has 0 aliphatic carbocycles. The largest absolute Gasteiger partial charge is 0.491 e. The molecule has 1 heterocycles. The van der Waals surface area contributed by atoms with E-state index >= 15 is 0 Å². The van der Waals surface area contributed by atoms with Gasteiger partial charge >= 0.3 is 5.97 Å². The summed E-state index contributed by atoms with van der Waals surface area (Å²) in [6.45, 7) is 1.70. The Kier molecular flexibility index (Phi) is 3.75. The zero-order chi connectivity index (χ0) is 16.6. The minimum absolute atomic E-state index is 0.0191. The van der Waals surface area contributed by atoms with Gasteiger partial charge in [-0.25, -0.2) is 4.79 Å². The molecule has 1 aromatic heterocycles. The fourth-order valence-corrected chi connectivity index (χ4v) is 2.28. The first-order valence-electron chi connectivity index (χ1n) is 7.00. The van der Waals surface area contributed by atoms with Crippen LogP contribution in [0.4, 0.5) is 0 Å². The molecule has 0 bridgehead atoms. The van der Waals surface area contributed by atoms with Gasteiger partial charge in [-0.05, 0) is 43.3 Å². The number of carboxylic acids is 1. The Morgan fingerprint density at radius 1 is 1.17 bits per heavy atom. The lowest BCUT2D eigenvalue weighted by Gasteiger charge is -2.09. The van der Waals surface area contributed by atoms with Crippen LogP contribution in [0.3, 0.4) is 0 Å². The lowest BCUT2D eigenvalue weighted by atomic mass is 10.1. The standard InChI is InChI=1S/C17H14O6/c1-9(18)8-22-11-3-5-15-13(7-11)16(19)12-6-10(17(20)21)2-4-14(12)23-15/h2-7,9,18H,8H2,1H3,(H,20,21). The van der Waals surface area contributed by atoms with Crippen LogP contribution >= 0.6 is 0 Å². The van der Waals surface area contributed by atoms with Crippen molar-refractivity contribution in [3.63, 3.8) is 0 Å². The maximum absolute atomic E-state index is 12.6. The van der Waals surface area contributed by atoms with Crippen LogP contribution in [0, 0.1) is 0 Å². The second-order valence-corrected chi connectivity index (χ2v) is 5.27. The van der Waals surface area contributed by atoms with Gasteiger partial charge in [0.25, 0.3) is 0 Å². The SMILES string of the molecule is CC(O)COc1ccc2oc3ccc(C(=O)O)cc3c(=O)c2c1. The van der Waals surface area contributed by atoms with Crippen molar-refractivity contribution in [1.29, 1.82) is 0 Å². The minimum atomic E-state index is -1.11. The highest BCUT2D eigenvalue weighted by Crippen LogP contribution is 2.23. The highest BCUT2D eigenvalue weighted by Gasteiger charge is 2.12. The summed E-state index contributed by atoms with van der Waals surface area (Å²) >= 11 is 0. The van der Waals surface area contributed by atoms with Gasteiger partial charge in [0.1, 0.15) is 23.5 Å². The average Bonchev–Trinajstić information content (AvgIpc) is 2.53. The van der Waals surface area contributed by atoms with Crippen molar-refractivity contribution >= 4 is 27.9 Å². The van der Waals surface area contributed by atoms with Crippen LogP contribution in [0.15, 0.2) is 45.6 Å². The second-order valence-electron chi connectivity index (χ2n) is 5.27. The van der Waals surface area contributed by atoms with Crippen molar-refractivity contribution in [2.45, 2.75) is 13.0 Å². The quantitative estimate of drug-likeness (QED) is 0.718. The van der Waals surface area contributed by atoms with E-state index in [0.29, 0.717) is 22.3 Å². The van der Waals surface area contributed by atoms with E-state index in [1.165, 1.54) is 24.3 Å². The van der Waals surface area contributed by atoms with Crippen LogP contribution in [0.25, 0.3) is 21.9 Å². The Bertz CT molecular complexity index is 954. The van der Waals surface area contributed by atoms with E-state index < -0.39 is 12.1 Å². The predicted octanol–water partition coefficient (Wildman–Crippen LogP) is 2.40. The summed E-state index contributed by atoms with van der Waals surface area (Å²) in [6.07, 6.45) is -0.628. The van der Waals surface area contributed by atoms with E-state index in [0.717, 1.165) is 0 Å². The number of aliphatic hydroxyl groups is 1. The molecule has 0 radical (unpaired) electrons. The molecule has 2 aromatic carbocycles. The van der Waals surface area contributed by atoms with Crippen molar-refractivity contribution < 1.29 is 24.2 Å². The number of aliphatic hydroxyl groups excluding tert-OH is 1. The van der Waals surface area contributed by atoms with Crippen molar-refractivity contribution in [3.8, 4) is 5.75 Å². The Morgan fingerprint density at radius 3 is 2.48 bits per heavy atom. The number of carbonyl (C=O) groups is 1. The lowest BCUT2D eigenvalue weighted by Crippen LogP contribution is -2.13. The van der Waals surface area contributed by atoms with E-state index in [-0.39, 0.29) is 23.0 Å². The third-order valence-electron chi connectivity index (χ3n) is 3.38. The fraction of sp³-hybridized carbons (Fsp3) is 0.176. The van der Waals surface area contributed by atoms with Crippen LogP contribution in [-0.2, 0) is 0 Å². The van der Waals surface area contributed by atoms with Crippen LogP contribution in [0.2, 0.25) is 0 Å². The van der Waals surface area contributed by atoms with E-state index in [1.54, 1.807) is 19.1 Å². The molecular weight excluding hydrogens is 300 g/mol. The number of hydrogen-bond acceptors (Lipinski definition) is 5. The monoisotopic (exact) mass is 314 g/mol. The maximum Gasteiger partial charge on any atom is 0.335 e. The fourth-order valence-electron chi connectivity index (χ4n) is 2.28. The van der Waals surface area contributed by atoms with Crippen molar-refractivity contribution in [2.24, 2.45) is 0 Å². The van der Waals surface area contributed by atoms with Crippen LogP contribution < -0.4 is 10.2 Å². The van der Waals surface area contributed by atoms with Crippen LogP contribution in [-0.4, -0.2) is 28.9 Å². The van der Waals surface area contributed by atoms with Gasteiger partial charge in [0, 0.05) is 0 Å². The van der Waals surface area contributed by atoms with Crippen LogP contribution in [0.1, 0.15) is 17.3 Å². The predicted molar refractivity (Wildman–Crippen MR) is 84.1 cm³/mol. The molecule has 0 amide bonds. The van der Waals surface area contributed by atoms with Gasteiger partial charge in [0.2, 0.25) is 5.43 Å². The highest BCUT2D eigenvalue weighted by atomic mass is 16.5. The van der Waals surface area contributed by atoms with Crippen molar-refractivity contribution in [1.82, 2.24) is 0 Å². The molecule has 0 saturated carbocycles. The molecular formula is C17H14O6. The Balaban J connectivity index is 2.18. The maximum atomic E-state index is 12.6. The average molecular weight is 314 g/mol. The summed E-state index contributed by atoms with van der Waals surface area (Å²) in [4.78, 5) is 23.6. The van der Waals surface area contributed by atoms with Gasteiger partial charge in [-0.1, -0.05) is 0 Å². The third-order valence-corrected chi connectivity index (χ3v) is 3.38. The van der Waals surface area contributed by atoms with E-state index in [1.807, 2.05) is 0 Å². The Hall–Kier alpha value is -2.86. The first-order valence-corrected chi connectivity index (χ1v) is 7.00. The molecule has 1 unspecified atom stereocenters. The number of hydrogen-bond donors (Lipinski definition) is 2. The van der Waals surface area contributed by atoms with Gasteiger partial charge in [0.05, 0.1) is 22.4 Å². The normalized spacial score (nSPS) is 12.4. The summed E-state index contributed by atoms with van der Waals surface area (Å²) in [5.41, 5.74) is 0.401. The van der Waals surface area contributed by atoms with Gasteiger partial charge in [-0.3, -0.25) is 4.79 Å². The molecule has 2 N–H and O–H groups in total. The number of ether oxygens (including phenoxy) is 1. The van der Waals surface area contributed by atoms with E-state index in [2.05, 4.69) is 0 Å². The number of fused-ring (bicyclic) bond motifs is 2. The number of benzene rings is 2.